The first-order chi connectivity index (χ1) is 15.2. The number of benzene rings is 3. The molecule has 1 N–H and O–H groups in total. The first kappa shape index (κ1) is 19.9. The molecule has 0 spiro atoms. The van der Waals surface area contributed by atoms with Gasteiger partial charge in [0.15, 0.2) is 5.17 Å². The van der Waals surface area contributed by atoms with E-state index in [1.165, 1.54) is 11.9 Å². The van der Waals surface area contributed by atoms with E-state index in [0.717, 1.165) is 11.1 Å². The Bertz CT molecular complexity index is 1120. The molecule has 3 aromatic carbocycles. The third-order valence-corrected chi connectivity index (χ3v) is 7.83. The van der Waals surface area contributed by atoms with Gasteiger partial charge in [-0.3, -0.25) is 14.6 Å². The van der Waals surface area contributed by atoms with Crippen molar-refractivity contribution in [2.75, 3.05) is 0 Å². The number of amides is 2. The summed E-state index contributed by atoms with van der Waals surface area (Å²) in [6.07, 6.45) is 0. The largest absolute Gasteiger partial charge is 0.338 e. The van der Waals surface area contributed by atoms with Gasteiger partial charge in [-0.2, -0.15) is 0 Å². The van der Waals surface area contributed by atoms with Crippen molar-refractivity contribution in [1.29, 1.82) is 0 Å². The van der Waals surface area contributed by atoms with Gasteiger partial charge in [-0.05, 0) is 35.2 Å². The average Bonchev–Trinajstić information content (AvgIpc) is 3.27. The van der Waals surface area contributed by atoms with Gasteiger partial charge in [-0.25, -0.2) is 4.31 Å². The van der Waals surface area contributed by atoms with E-state index in [0.29, 0.717) is 10.7 Å². The number of rotatable bonds is 4. The normalized spacial score (nSPS) is 22.6. The van der Waals surface area contributed by atoms with Crippen LogP contribution in [0, 0.1) is 0 Å². The highest BCUT2D eigenvalue weighted by Crippen LogP contribution is 2.52. The summed E-state index contributed by atoms with van der Waals surface area (Å²) in [6.45, 7) is 0. The van der Waals surface area contributed by atoms with Crippen LogP contribution in [0.3, 0.4) is 0 Å². The number of nitrogens with zero attached hydrogens (tertiary/aromatic N) is 2. The zero-order chi connectivity index (χ0) is 21.2. The molecule has 2 aliphatic heterocycles. The lowest BCUT2D eigenvalue weighted by molar-refractivity contribution is -0.126. The van der Waals surface area contributed by atoms with E-state index < -0.39 is 12.1 Å². The van der Waals surface area contributed by atoms with Gasteiger partial charge in [0.05, 0.1) is 0 Å². The molecule has 0 saturated carbocycles. The summed E-state index contributed by atoms with van der Waals surface area (Å²) in [5.41, 5.74) is 2.54. The van der Waals surface area contributed by atoms with Crippen LogP contribution in [0.4, 0.5) is 0 Å². The van der Waals surface area contributed by atoms with Crippen molar-refractivity contribution in [3.8, 4) is 0 Å². The molecule has 1 fully saturated rings. The van der Waals surface area contributed by atoms with E-state index in [2.05, 4.69) is 17.4 Å². The third kappa shape index (κ3) is 3.98. The van der Waals surface area contributed by atoms with Crippen LogP contribution in [-0.4, -0.2) is 27.3 Å². The van der Waals surface area contributed by atoms with Gasteiger partial charge in [0, 0.05) is 5.56 Å². The Labute approximate surface area is 189 Å². The molecule has 154 valence electrons. The minimum atomic E-state index is -0.776. The Morgan fingerprint density at radius 3 is 2.06 bits per heavy atom. The number of thioether (sulfide) groups is 1. The molecule has 5 rings (SSSR count). The maximum Gasteiger partial charge on any atom is 0.263 e. The fraction of sp³-hybridized carbons (Fsp3) is 0.125. The molecule has 0 aliphatic carbocycles. The summed E-state index contributed by atoms with van der Waals surface area (Å²) >= 11 is 3.02. The lowest BCUT2D eigenvalue weighted by atomic mass is 9.97. The summed E-state index contributed by atoms with van der Waals surface area (Å²) in [5.74, 6) is -0.436. The van der Waals surface area contributed by atoms with Crippen LogP contribution in [0.15, 0.2) is 96.0 Å². The zero-order valence-electron chi connectivity index (χ0n) is 16.4. The summed E-state index contributed by atoms with van der Waals surface area (Å²) in [6, 6.07) is 27.4. The highest BCUT2D eigenvalue weighted by molar-refractivity contribution is 8.28. The molecule has 1 saturated heterocycles. The molecular formula is C24H19N3O2S2. The smallest absolute Gasteiger partial charge is 0.263 e. The highest BCUT2D eigenvalue weighted by Gasteiger charge is 2.46. The van der Waals surface area contributed by atoms with Gasteiger partial charge >= 0.3 is 0 Å². The Hall–Kier alpha value is -3.03. The predicted octanol–water partition coefficient (Wildman–Crippen LogP) is 4.82. The molecule has 0 bridgehead atoms. The van der Waals surface area contributed by atoms with Gasteiger partial charge in [-0.1, -0.05) is 90.6 Å². The molecule has 7 heteroatoms. The summed E-state index contributed by atoms with van der Waals surface area (Å²) in [7, 11) is 0. The first-order valence-corrected chi connectivity index (χ1v) is 11.6. The second-order valence-electron chi connectivity index (χ2n) is 7.18. The van der Waals surface area contributed by atoms with E-state index >= 15 is 0 Å². The Morgan fingerprint density at radius 1 is 0.839 bits per heavy atom. The molecule has 0 radical (unpaired) electrons. The highest BCUT2D eigenvalue weighted by atomic mass is 32.2. The Morgan fingerprint density at radius 2 is 1.42 bits per heavy atom. The molecule has 3 atom stereocenters. The topological polar surface area (TPSA) is 61.8 Å². The van der Waals surface area contributed by atoms with Crippen molar-refractivity contribution in [1.82, 2.24) is 9.62 Å². The SMILES string of the molecule is O=C(N[C@@H]1C(=O)N2SC(c3ccccc3)SC2=N[C@@H]1c1ccccc1)c1ccccc1. The third-order valence-electron chi connectivity index (χ3n) is 5.15. The van der Waals surface area contributed by atoms with Crippen molar-refractivity contribution < 1.29 is 9.59 Å². The minimum absolute atomic E-state index is 0.0453. The van der Waals surface area contributed by atoms with Gasteiger partial charge < -0.3 is 5.32 Å². The summed E-state index contributed by atoms with van der Waals surface area (Å²) in [4.78, 5) is 31.3. The van der Waals surface area contributed by atoms with Crippen LogP contribution in [0.5, 0.6) is 0 Å². The number of amidine groups is 1. The molecule has 3 aromatic rings. The number of carbonyl (C=O) groups excluding carboxylic acids is 2. The minimum Gasteiger partial charge on any atom is -0.338 e. The van der Waals surface area contributed by atoms with Crippen molar-refractivity contribution in [3.63, 3.8) is 0 Å². The number of carbonyl (C=O) groups is 2. The zero-order valence-corrected chi connectivity index (χ0v) is 18.1. The molecule has 5 nitrogen and oxygen atoms in total. The van der Waals surface area contributed by atoms with Crippen LogP contribution in [0.25, 0.3) is 0 Å². The maximum absolute atomic E-state index is 13.5. The molecule has 0 aromatic heterocycles. The van der Waals surface area contributed by atoms with Crippen LogP contribution < -0.4 is 5.32 Å². The van der Waals surface area contributed by atoms with E-state index in [1.807, 2.05) is 54.6 Å². The Kier molecular flexibility index (Phi) is 5.53. The van der Waals surface area contributed by atoms with Crippen LogP contribution in [-0.2, 0) is 4.79 Å². The number of hydrogen-bond acceptors (Lipinski definition) is 5. The quantitative estimate of drug-likeness (QED) is 0.585. The fourth-order valence-electron chi connectivity index (χ4n) is 3.60. The average molecular weight is 446 g/mol. The van der Waals surface area contributed by atoms with E-state index in [1.54, 1.807) is 40.3 Å². The number of nitrogens with one attached hydrogen (secondary N) is 1. The maximum atomic E-state index is 13.5. The fourth-order valence-corrected chi connectivity index (χ4v) is 6.22. The van der Waals surface area contributed by atoms with Crippen LogP contribution >= 0.6 is 23.7 Å². The first-order valence-electron chi connectivity index (χ1n) is 9.92. The number of hydrogen-bond donors (Lipinski definition) is 1. The molecule has 2 aliphatic rings. The van der Waals surface area contributed by atoms with Crippen molar-refractivity contribution in [2.24, 2.45) is 4.99 Å². The van der Waals surface area contributed by atoms with Gasteiger partial charge in [0.1, 0.15) is 16.7 Å². The van der Waals surface area contributed by atoms with Crippen molar-refractivity contribution >= 4 is 40.7 Å². The lowest BCUT2D eigenvalue weighted by Gasteiger charge is -2.32. The van der Waals surface area contributed by atoms with Gasteiger partial charge in [0.25, 0.3) is 11.8 Å². The second kappa shape index (κ2) is 8.61. The molecule has 1 unspecified atom stereocenters. The van der Waals surface area contributed by atoms with E-state index in [4.69, 9.17) is 4.99 Å². The van der Waals surface area contributed by atoms with Crippen molar-refractivity contribution in [3.05, 3.63) is 108 Å². The van der Waals surface area contributed by atoms with Gasteiger partial charge in [0.2, 0.25) is 0 Å². The molecule has 2 heterocycles. The number of aliphatic imine (C=N–C) groups is 1. The van der Waals surface area contributed by atoms with E-state index in [9.17, 15) is 9.59 Å². The Balaban J connectivity index is 1.48. The number of fused-ring (bicyclic) bond motifs is 1. The molecule has 2 amide bonds. The van der Waals surface area contributed by atoms with E-state index in [-0.39, 0.29) is 16.4 Å². The van der Waals surface area contributed by atoms with Crippen LogP contribution in [0.1, 0.15) is 32.1 Å². The molecule has 31 heavy (non-hydrogen) atoms. The molecular weight excluding hydrogens is 426 g/mol. The summed E-state index contributed by atoms with van der Waals surface area (Å²) in [5, 5.41) is 3.62. The monoisotopic (exact) mass is 445 g/mol. The second-order valence-corrected chi connectivity index (χ2v) is 9.60. The van der Waals surface area contributed by atoms with Crippen LogP contribution in [0.2, 0.25) is 0 Å². The standard InChI is InChI=1S/C24H19N3O2S2/c28-21(17-12-6-2-7-13-17)25-20-19(16-10-4-1-5-11-16)26-24-27(22(20)29)31-23(30-24)18-14-8-3-9-15-18/h1-15,19-20,23H,(H,25,28)/t19-,20+,23?/m1/s1. The van der Waals surface area contributed by atoms with Gasteiger partial charge in [-0.15, -0.1) is 0 Å². The van der Waals surface area contributed by atoms with Crippen molar-refractivity contribution in [2.45, 2.75) is 16.7 Å². The summed E-state index contributed by atoms with van der Waals surface area (Å²) < 4.78 is 1.68. The lowest BCUT2D eigenvalue weighted by Crippen LogP contribution is -2.52. The predicted molar refractivity (Wildman–Crippen MR) is 126 cm³/mol.